The van der Waals surface area contributed by atoms with Crippen LogP contribution in [0.25, 0.3) is 0 Å². The van der Waals surface area contributed by atoms with Gasteiger partial charge in [0.1, 0.15) is 8.07 Å². The summed E-state index contributed by atoms with van der Waals surface area (Å²) in [6, 6.07) is 4.57. The monoisotopic (exact) mass is 384 g/mol. The zero-order chi connectivity index (χ0) is 14.8. The quantitative estimate of drug-likeness (QED) is 0.345. The van der Waals surface area contributed by atoms with Crippen molar-refractivity contribution in [2.24, 2.45) is 0 Å². The molecule has 0 saturated carbocycles. The van der Waals surface area contributed by atoms with E-state index in [0.29, 0.717) is 11.8 Å². The van der Waals surface area contributed by atoms with Gasteiger partial charge in [-0.3, -0.25) is 0 Å². The van der Waals surface area contributed by atoms with Crippen molar-refractivity contribution in [1.82, 2.24) is 0 Å². The molecule has 0 aliphatic rings. The second kappa shape index (κ2) is 6.45. The summed E-state index contributed by atoms with van der Waals surface area (Å²) in [6.45, 7) is 15.9. The van der Waals surface area contributed by atoms with Crippen molar-refractivity contribution in [3.05, 3.63) is 32.4 Å². The number of benzene rings is 1. The Kier molecular flexibility index (Phi) is 5.70. The molecular weight excluding hydrogens is 359 g/mol. The lowest BCUT2D eigenvalue weighted by Crippen LogP contribution is -2.16. The minimum Gasteiger partial charge on any atom is -0.127 e. The molecule has 2 heteroatoms. The first-order valence-electron chi connectivity index (χ1n) is 6.98. The van der Waals surface area contributed by atoms with Gasteiger partial charge in [0, 0.05) is 9.13 Å². The first-order chi connectivity index (χ1) is 8.61. The SMILES string of the molecule is CC(C)c1cc(C#C[Si](C)(C)C)cc(C(C)C)c1I. The number of hydrogen-bond donors (Lipinski definition) is 0. The zero-order valence-corrected chi connectivity index (χ0v) is 16.3. The van der Waals surface area contributed by atoms with E-state index in [2.05, 4.69) is 93.5 Å². The van der Waals surface area contributed by atoms with Crippen molar-refractivity contribution in [2.75, 3.05) is 0 Å². The summed E-state index contributed by atoms with van der Waals surface area (Å²) in [5.41, 5.74) is 7.54. The predicted molar refractivity (Wildman–Crippen MR) is 97.6 cm³/mol. The Labute approximate surface area is 133 Å². The van der Waals surface area contributed by atoms with Crippen LogP contribution in [0.2, 0.25) is 19.6 Å². The van der Waals surface area contributed by atoms with Crippen LogP contribution < -0.4 is 0 Å². The maximum absolute atomic E-state index is 3.48. The Balaban J connectivity index is 3.38. The molecule has 0 spiro atoms. The third-order valence-corrected chi connectivity index (χ3v) is 5.08. The first-order valence-corrected chi connectivity index (χ1v) is 11.6. The van der Waals surface area contributed by atoms with Crippen LogP contribution in [0.15, 0.2) is 12.1 Å². The molecule has 1 aromatic carbocycles. The van der Waals surface area contributed by atoms with Crippen LogP contribution in [0.3, 0.4) is 0 Å². The molecule has 0 heterocycles. The van der Waals surface area contributed by atoms with E-state index in [1.165, 1.54) is 20.3 Å². The molecular formula is C17H25ISi. The fourth-order valence-electron chi connectivity index (χ4n) is 1.84. The lowest BCUT2D eigenvalue weighted by Gasteiger charge is -2.16. The Bertz CT molecular complexity index is 481. The van der Waals surface area contributed by atoms with Gasteiger partial charge in [-0.1, -0.05) is 53.3 Å². The van der Waals surface area contributed by atoms with Crippen molar-refractivity contribution >= 4 is 30.7 Å². The second-order valence-corrected chi connectivity index (χ2v) is 12.6. The third kappa shape index (κ3) is 4.96. The highest BCUT2D eigenvalue weighted by Gasteiger charge is 2.13. The van der Waals surface area contributed by atoms with Crippen molar-refractivity contribution in [3.8, 4) is 11.5 Å². The molecule has 0 saturated heterocycles. The van der Waals surface area contributed by atoms with Crippen LogP contribution in [0.4, 0.5) is 0 Å². The summed E-state index contributed by atoms with van der Waals surface area (Å²) in [5.74, 6) is 4.52. The van der Waals surface area contributed by atoms with E-state index in [1.807, 2.05) is 0 Å². The van der Waals surface area contributed by atoms with Gasteiger partial charge in [-0.05, 0) is 57.7 Å². The largest absolute Gasteiger partial charge is 0.129 e. The van der Waals surface area contributed by atoms with Gasteiger partial charge in [0.15, 0.2) is 0 Å². The van der Waals surface area contributed by atoms with E-state index in [0.717, 1.165) is 0 Å². The molecule has 0 bridgehead atoms. The smallest absolute Gasteiger partial charge is 0.127 e. The summed E-state index contributed by atoms with van der Waals surface area (Å²) in [6.07, 6.45) is 0. The summed E-state index contributed by atoms with van der Waals surface area (Å²) < 4.78 is 1.42. The average molecular weight is 384 g/mol. The van der Waals surface area contributed by atoms with E-state index in [-0.39, 0.29) is 0 Å². The number of halogens is 1. The maximum Gasteiger partial charge on any atom is 0.129 e. The summed E-state index contributed by atoms with van der Waals surface area (Å²) in [4.78, 5) is 0. The normalized spacial score (nSPS) is 11.7. The minimum atomic E-state index is -1.31. The Hall–Kier alpha value is -0.273. The first kappa shape index (κ1) is 16.8. The highest BCUT2D eigenvalue weighted by molar-refractivity contribution is 14.1. The average Bonchev–Trinajstić information content (AvgIpc) is 2.25. The van der Waals surface area contributed by atoms with Gasteiger partial charge in [0.2, 0.25) is 0 Å². The van der Waals surface area contributed by atoms with E-state index >= 15 is 0 Å². The van der Waals surface area contributed by atoms with E-state index < -0.39 is 8.07 Å². The van der Waals surface area contributed by atoms with Crippen LogP contribution >= 0.6 is 22.6 Å². The second-order valence-electron chi connectivity index (χ2n) is 6.78. The van der Waals surface area contributed by atoms with Gasteiger partial charge in [-0.15, -0.1) is 5.54 Å². The van der Waals surface area contributed by atoms with E-state index in [4.69, 9.17) is 0 Å². The molecule has 19 heavy (non-hydrogen) atoms. The molecule has 104 valence electrons. The molecule has 0 atom stereocenters. The minimum absolute atomic E-state index is 0.554. The molecule has 0 radical (unpaired) electrons. The summed E-state index contributed by atoms with van der Waals surface area (Å²) >= 11 is 2.49. The Morgan fingerprint density at radius 2 is 1.37 bits per heavy atom. The van der Waals surface area contributed by atoms with Crippen molar-refractivity contribution in [2.45, 2.75) is 59.2 Å². The standard InChI is InChI=1S/C17H25ISi/c1-12(2)15-10-14(8-9-19(5,6)7)11-16(13(3)4)17(15)18/h10-13H,1-7H3. The predicted octanol–water partition coefficient (Wildman–Crippen LogP) is 5.77. The van der Waals surface area contributed by atoms with E-state index in [1.54, 1.807) is 0 Å². The molecule has 1 rings (SSSR count). The molecule has 0 nitrogen and oxygen atoms in total. The lowest BCUT2D eigenvalue weighted by atomic mass is 9.93. The van der Waals surface area contributed by atoms with Crippen LogP contribution in [0.5, 0.6) is 0 Å². The van der Waals surface area contributed by atoms with Gasteiger partial charge in [-0.25, -0.2) is 0 Å². The van der Waals surface area contributed by atoms with Gasteiger partial charge in [0.25, 0.3) is 0 Å². The fraction of sp³-hybridized carbons (Fsp3) is 0.529. The van der Waals surface area contributed by atoms with Gasteiger partial charge in [-0.2, -0.15) is 0 Å². The molecule has 0 aromatic heterocycles. The highest BCUT2D eigenvalue weighted by Crippen LogP contribution is 2.30. The Morgan fingerprint density at radius 1 is 0.947 bits per heavy atom. The Morgan fingerprint density at radius 3 is 1.68 bits per heavy atom. The lowest BCUT2D eigenvalue weighted by molar-refractivity contribution is 0.821. The molecule has 0 N–H and O–H groups in total. The summed E-state index contributed by atoms with van der Waals surface area (Å²) in [5, 5.41) is 0. The molecule has 1 aromatic rings. The van der Waals surface area contributed by atoms with Crippen LogP contribution in [0, 0.1) is 15.0 Å². The van der Waals surface area contributed by atoms with Crippen molar-refractivity contribution < 1.29 is 0 Å². The summed E-state index contributed by atoms with van der Waals surface area (Å²) in [7, 11) is -1.31. The van der Waals surface area contributed by atoms with E-state index in [9.17, 15) is 0 Å². The van der Waals surface area contributed by atoms with Crippen molar-refractivity contribution in [1.29, 1.82) is 0 Å². The molecule has 0 aliphatic carbocycles. The third-order valence-electron chi connectivity index (χ3n) is 2.95. The van der Waals surface area contributed by atoms with Gasteiger partial charge >= 0.3 is 0 Å². The zero-order valence-electron chi connectivity index (χ0n) is 13.2. The van der Waals surface area contributed by atoms with Crippen molar-refractivity contribution in [3.63, 3.8) is 0 Å². The molecule has 0 amide bonds. The molecule has 0 aliphatic heterocycles. The number of hydrogen-bond acceptors (Lipinski definition) is 0. The molecule has 0 unspecified atom stereocenters. The fourth-order valence-corrected chi connectivity index (χ4v) is 3.92. The number of rotatable bonds is 2. The van der Waals surface area contributed by atoms with Crippen LogP contribution in [-0.2, 0) is 0 Å². The van der Waals surface area contributed by atoms with Crippen LogP contribution in [-0.4, -0.2) is 8.07 Å². The highest BCUT2D eigenvalue weighted by atomic mass is 127. The topological polar surface area (TPSA) is 0 Å². The molecule has 0 fully saturated rings. The van der Waals surface area contributed by atoms with Gasteiger partial charge in [0.05, 0.1) is 0 Å². The maximum atomic E-state index is 3.48. The van der Waals surface area contributed by atoms with Gasteiger partial charge < -0.3 is 0 Å². The van der Waals surface area contributed by atoms with Crippen LogP contribution in [0.1, 0.15) is 56.2 Å².